The van der Waals surface area contributed by atoms with E-state index >= 15 is 0 Å². The second-order valence-electron chi connectivity index (χ2n) is 12.1. The predicted molar refractivity (Wildman–Crippen MR) is 204 cm³/mol. The Labute approximate surface area is 329 Å². The van der Waals surface area contributed by atoms with E-state index in [0.29, 0.717) is 71.1 Å². The highest BCUT2D eigenvalue weighted by Gasteiger charge is 2.40. The van der Waals surface area contributed by atoms with Crippen LogP contribution in [0, 0.1) is 0 Å². The summed E-state index contributed by atoms with van der Waals surface area (Å²) in [6.45, 7) is 15.3. The highest BCUT2D eigenvalue weighted by molar-refractivity contribution is 6.61. The number of aliphatic carboxylic acids is 2. The largest absolute Gasteiger partial charge is 0.501 e. The molecular formula is C35H69NO17Si2. The zero-order valence-corrected chi connectivity index (χ0v) is 36.2. The summed E-state index contributed by atoms with van der Waals surface area (Å²) >= 11 is 0. The van der Waals surface area contributed by atoms with Crippen LogP contribution in [0.1, 0.15) is 80.1 Å². The molecule has 0 spiro atoms. The number of carboxylic acid groups (broad SMARTS) is 2. The SMILES string of the molecule is CCO[Si](CCCOCC(CN(CCOC)CC(COCCC[Si](OCC)(OCC)OCC)OC(=O)CCC(=O)O)OC(=O)CCC(=O)O)(OCC)OCC. The fraction of sp³-hybridized carbons (Fsp3) is 0.886. The average Bonchev–Trinajstić information content (AvgIpc) is 3.12. The maximum atomic E-state index is 12.7. The van der Waals surface area contributed by atoms with Crippen molar-refractivity contribution in [2.75, 3.05) is 99.4 Å². The normalized spacial score (nSPS) is 13.2. The lowest BCUT2D eigenvalue weighted by Crippen LogP contribution is -2.46. The summed E-state index contributed by atoms with van der Waals surface area (Å²) in [5.41, 5.74) is 0. The summed E-state index contributed by atoms with van der Waals surface area (Å²) < 4.78 is 64.1. The van der Waals surface area contributed by atoms with Crippen LogP contribution in [-0.4, -0.2) is 168 Å². The van der Waals surface area contributed by atoms with Gasteiger partial charge >= 0.3 is 41.5 Å². The van der Waals surface area contributed by atoms with Crippen LogP contribution in [0.15, 0.2) is 0 Å². The Bertz CT molecular complexity index is 919. The first-order valence-electron chi connectivity index (χ1n) is 19.4. The fourth-order valence-corrected chi connectivity index (χ4v) is 10.6. The van der Waals surface area contributed by atoms with Crippen molar-refractivity contribution in [3.63, 3.8) is 0 Å². The number of hydrogen-bond donors (Lipinski definition) is 2. The highest BCUT2D eigenvalue weighted by Crippen LogP contribution is 2.20. The van der Waals surface area contributed by atoms with E-state index in [2.05, 4.69) is 0 Å². The summed E-state index contributed by atoms with van der Waals surface area (Å²) in [5.74, 6) is -3.68. The van der Waals surface area contributed by atoms with E-state index in [0.717, 1.165) is 0 Å². The van der Waals surface area contributed by atoms with Crippen molar-refractivity contribution in [3.05, 3.63) is 0 Å². The minimum Gasteiger partial charge on any atom is -0.481 e. The first-order valence-corrected chi connectivity index (χ1v) is 23.3. The Morgan fingerprint density at radius 2 is 0.891 bits per heavy atom. The zero-order chi connectivity index (χ0) is 41.4. The first kappa shape index (κ1) is 52.9. The second-order valence-corrected chi connectivity index (χ2v) is 17.5. The molecule has 18 nitrogen and oxygen atoms in total. The standard InChI is InChI=1S/C35H69NO17Si2/c1-8-46-54(47-9-2,48-10-3)24-14-21-44-28-30(52-34(41)18-16-32(37)38)26-36(20-23-43-7)27-31(53-35(42)19-17-33(39)40)29-45-22-15-25-55(49-11-4,50-12-5)51-13-6/h30-31H,8-29H2,1-7H3,(H,37,38)(H,39,40). The van der Waals surface area contributed by atoms with E-state index in [-0.39, 0.29) is 59.0 Å². The molecule has 0 radical (unpaired) electrons. The van der Waals surface area contributed by atoms with Crippen LogP contribution in [0.3, 0.4) is 0 Å². The molecule has 0 rings (SSSR count). The molecule has 0 aliphatic heterocycles. The molecule has 0 aliphatic carbocycles. The number of nitrogens with zero attached hydrogens (tertiary/aromatic N) is 1. The maximum absolute atomic E-state index is 12.7. The van der Waals surface area contributed by atoms with Gasteiger partial charge in [-0.2, -0.15) is 0 Å². The molecule has 0 aromatic rings. The predicted octanol–water partition coefficient (Wildman–Crippen LogP) is 3.40. The molecule has 0 heterocycles. The van der Waals surface area contributed by atoms with Crippen molar-refractivity contribution < 1.29 is 79.6 Å². The molecular weight excluding hydrogens is 763 g/mol. The number of carbonyl (C=O) groups excluding carboxylic acids is 2. The van der Waals surface area contributed by atoms with E-state index in [1.54, 1.807) is 0 Å². The number of methoxy groups -OCH3 is 1. The molecule has 2 atom stereocenters. The summed E-state index contributed by atoms with van der Waals surface area (Å²) in [4.78, 5) is 49.5. The van der Waals surface area contributed by atoms with Crippen molar-refractivity contribution in [1.82, 2.24) is 4.90 Å². The third kappa shape index (κ3) is 26.5. The monoisotopic (exact) mass is 831 g/mol. The van der Waals surface area contributed by atoms with Gasteiger partial charge in [0.25, 0.3) is 0 Å². The van der Waals surface area contributed by atoms with Crippen molar-refractivity contribution in [1.29, 1.82) is 0 Å². The van der Waals surface area contributed by atoms with Gasteiger partial charge < -0.3 is 60.5 Å². The summed E-state index contributed by atoms with van der Waals surface area (Å²) in [7, 11) is -4.25. The Hall–Kier alpha value is -2.09. The van der Waals surface area contributed by atoms with Gasteiger partial charge in [0.05, 0.1) is 45.5 Å². The van der Waals surface area contributed by atoms with Gasteiger partial charge in [-0.1, -0.05) is 0 Å². The Balaban J connectivity index is 5.90. The van der Waals surface area contributed by atoms with Gasteiger partial charge in [0.2, 0.25) is 0 Å². The van der Waals surface area contributed by atoms with Gasteiger partial charge in [-0.25, -0.2) is 0 Å². The Kier molecular flexibility index (Phi) is 31.7. The molecule has 0 aromatic carbocycles. The van der Waals surface area contributed by atoms with Gasteiger partial charge in [-0.3, -0.25) is 24.1 Å². The van der Waals surface area contributed by atoms with E-state index in [9.17, 15) is 19.2 Å². The number of esters is 2. The minimum absolute atomic E-state index is 0.0144. The number of carbonyl (C=O) groups is 4. The van der Waals surface area contributed by atoms with Crippen LogP contribution in [0.4, 0.5) is 0 Å². The smallest absolute Gasteiger partial charge is 0.481 e. The van der Waals surface area contributed by atoms with Gasteiger partial charge in [0, 0.05) is 91.7 Å². The van der Waals surface area contributed by atoms with Gasteiger partial charge in [0.1, 0.15) is 12.2 Å². The quantitative estimate of drug-likeness (QED) is 0.0516. The van der Waals surface area contributed by atoms with Crippen molar-refractivity contribution in [3.8, 4) is 0 Å². The molecule has 2 unspecified atom stereocenters. The summed E-state index contributed by atoms with van der Waals surface area (Å²) in [6.07, 6.45) is -2.00. The lowest BCUT2D eigenvalue weighted by molar-refractivity contribution is -0.158. The lowest BCUT2D eigenvalue weighted by atomic mass is 10.2. The van der Waals surface area contributed by atoms with Crippen LogP contribution >= 0.6 is 0 Å². The molecule has 55 heavy (non-hydrogen) atoms. The van der Waals surface area contributed by atoms with Crippen LogP contribution in [0.25, 0.3) is 0 Å². The molecule has 20 heteroatoms. The van der Waals surface area contributed by atoms with E-state index in [4.69, 9.17) is 60.5 Å². The summed E-state index contributed by atoms with van der Waals surface area (Å²) in [5, 5.41) is 18.2. The first-order chi connectivity index (χ1) is 26.4. The molecule has 0 amide bonds. The Morgan fingerprint density at radius 1 is 0.545 bits per heavy atom. The van der Waals surface area contributed by atoms with Crippen LogP contribution in [0.2, 0.25) is 12.1 Å². The van der Waals surface area contributed by atoms with Crippen molar-refractivity contribution in [2.45, 2.75) is 104 Å². The third-order valence-corrected chi connectivity index (χ3v) is 13.9. The number of rotatable bonds is 39. The minimum atomic E-state index is -2.89. The van der Waals surface area contributed by atoms with Gasteiger partial charge in [-0.05, 0) is 54.4 Å². The molecule has 0 fully saturated rings. The van der Waals surface area contributed by atoms with Gasteiger partial charge in [0.15, 0.2) is 0 Å². The average molecular weight is 832 g/mol. The van der Waals surface area contributed by atoms with Crippen LogP contribution in [-0.2, 0) is 69.4 Å². The number of ether oxygens (including phenoxy) is 5. The highest BCUT2D eigenvalue weighted by atomic mass is 28.4. The fourth-order valence-electron chi connectivity index (χ4n) is 5.42. The second kappa shape index (κ2) is 32.9. The number of hydrogen-bond acceptors (Lipinski definition) is 16. The number of carboxylic acids is 2. The summed E-state index contributed by atoms with van der Waals surface area (Å²) in [6, 6.07) is 1.04. The molecule has 0 bridgehead atoms. The maximum Gasteiger partial charge on any atom is 0.501 e. The van der Waals surface area contributed by atoms with Crippen molar-refractivity contribution >= 4 is 41.5 Å². The van der Waals surface area contributed by atoms with Crippen molar-refractivity contribution in [2.24, 2.45) is 0 Å². The van der Waals surface area contributed by atoms with Crippen LogP contribution < -0.4 is 0 Å². The molecule has 0 saturated heterocycles. The molecule has 0 aliphatic rings. The van der Waals surface area contributed by atoms with E-state index in [1.807, 2.05) is 46.4 Å². The molecule has 324 valence electrons. The third-order valence-electron chi connectivity index (χ3n) is 7.55. The lowest BCUT2D eigenvalue weighted by Gasteiger charge is -2.31. The molecule has 0 aromatic heterocycles. The van der Waals surface area contributed by atoms with E-state index in [1.165, 1.54) is 7.11 Å². The zero-order valence-electron chi connectivity index (χ0n) is 34.2. The Morgan fingerprint density at radius 3 is 1.18 bits per heavy atom. The van der Waals surface area contributed by atoms with Crippen LogP contribution in [0.5, 0.6) is 0 Å². The van der Waals surface area contributed by atoms with E-state index < -0.39 is 66.5 Å². The molecule has 0 saturated carbocycles. The van der Waals surface area contributed by atoms with Gasteiger partial charge in [-0.15, -0.1) is 0 Å². The topological polar surface area (TPSA) is 214 Å². The molecule has 2 N–H and O–H groups in total.